The third-order valence-corrected chi connectivity index (χ3v) is 6.94. The molecule has 0 aliphatic carbocycles. The number of aryl methyl sites for hydroxylation is 2. The van der Waals surface area contributed by atoms with Gasteiger partial charge in [-0.05, 0) is 74.6 Å². The number of hydrogen-bond donors (Lipinski definition) is 2. The van der Waals surface area contributed by atoms with Gasteiger partial charge >= 0.3 is 0 Å². The molecule has 2 aromatic carbocycles. The van der Waals surface area contributed by atoms with Crippen molar-refractivity contribution in [2.75, 3.05) is 18.5 Å². The lowest BCUT2D eigenvalue weighted by Gasteiger charge is -2.25. The predicted octanol–water partition coefficient (Wildman–Crippen LogP) is 4.57. The van der Waals surface area contributed by atoms with Crippen LogP contribution in [0.2, 0.25) is 0 Å². The number of nitrogens with zero attached hydrogens (tertiary/aromatic N) is 1. The molecule has 7 heteroatoms. The smallest absolute Gasteiger partial charge is 0.240 e. The van der Waals surface area contributed by atoms with Crippen LogP contribution in [0.25, 0.3) is 10.9 Å². The number of hydrogen-bond acceptors (Lipinski definition) is 5. The van der Waals surface area contributed by atoms with Crippen molar-refractivity contribution in [3.63, 3.8) is 0 Å². The average Bonchev–Trinajstić information content (AvgIpc) is 2.73. The number of aromatic nitrogens is 1. The number of rotatable bonds is 5. The fourth-order valence-corrected chi connectivity index (χ4v) is 5.17. The van der Waals surface area contributed by atoms with Crippen molar-refractivity contribution in [3.05, 3.63) is 64.8 Å². The number of anilines is 1. The molecule has 6 nitrogen and oxygen atoms in total. The minimum Gasteiger partial charge on any atom is -0.381 e. The number of pyridine rings is 1. The standard InChI is InChI=1S/C24H29N3O3S/c1-15-11-20(17(3)26-22-8-4-5-9-24(22)31(25,28)29)21-13-19(16(2)27-23(21)12-15)18-7-6-10-30-14-18/h4-5,8-9,11-13,17-18,26H,6-7,10,14H2,1-3H3,(H2,25,28,29)/t17-,18-/m0/s1. The first-order chi connectivity index (χ1) is 14.7. The molecule has 3 aromatic rings. The lowest BCUT2D eigenvalue weighted by atomic mass is 9.89. The summed E-state index contributed by atoms with van der Waals surface area (Å²) in [7, 11) is -3.83. The Morgan fingerprint density at radius 3 is 2.68 bits per heavy atom. The number of primary sulfonamides is 1. The molecule has 2 atom stereocenters. The van der Waals surface area contributed by atoms with Gasteiger partial charge in [0.25, 0.3) is 0 Å². The van der Waals surface area contributed by atoms with Gasteiger partial charge in [-0.3, -0.25) is 4.98 Å². The Morgan fingerprint density at radius 2 is 1.97 bits per heavy atom. The molecule has 0 bridgehead atoms. The van der Waals surface area contributed by atoms with E-state index in [-0.39, 0.29) is 10.9 Å². The molecule has 1 aliphatic rings. The van der Waals surface area contributed by atoms with Crippen LogP contribution in [0, 0.1) is 13.8 Å². The van der Waals surface area contributed by atoms with Gasteiger partial charge in [0, 0.05) is 29.6 Å². The van der Waals surface area contributed by atoms with Crippen LogP contribution in [0.1, 0.15) is 54.1 Å². The molecule has 0 radical (unpaired) electrons. The first kappa shape index (κ1) is 21.7. The van der Waals surface area contributed by atoms with Crippen LogP contribution in [0.3, 0.4) is 0 Å². The van der Waals surface area contributed by atoms with Crippen molar-refractivity contribution in [1.29, 1.82) is 0 Å². The zero-order chi connectivity index (χ0) is 22.2. The molecule has 0 spiro atoms. The van der Waals surface area contributed by atoms with Crippen molar-refractivity contribution in [2.24, 2.45) is 5.14 Å². The third-order valence-electron chi connectivity index (χ3n) is 5.97. The van der Waals surface area contributed by atoms with E-state index < -0.39 is 10.0 Å². The van der Waals surface area contributed by atoms with Crippen LogP contribution < -0.4 is 10.5 Å². The Labute approximate surface area is 183 Å². The topological polar surface area (TPSA) is 94.3 Å². The van der Waals surface area contributed by atoms with Gasteiger partial charge in [-0.25, -0.2) is 13.6 Å². The van der Waals surface area contributed by atoms with Gasteiger partial charge in [0.1, 0.15) is 4.90 Å². The number of nitrogens with two attached hydrogens (primary N) is 1. The average molecular weight is 440 g/mol. The Balaban J connectivity index is 1.78. The van der Waals surface area contributed by atoms with Gasteiger partial charge in [0.05, 0.1) is 17.8 Å². The van der Waals surface area contributed by atoms with Gasteiger partial charge in [-0.1, -0.05) is 18.2 Å². The molecule has 3 N–H and O–H groups in total. The molecule has 1 saturated heterocycles. The molecule has 0 amide bonds. The first-order valence-electron chi connectivity index (χ1n) is 10.6. The minimum absolute atomic E-state index is 0.0906. The summed E-state index contributed by atoms with van der Waals surface area (Å²) in [5.74, 6) is 0.353. The van der Waals surface area contributed by atoms with E-state index in [2.05, 4.69) is 30.4 Å². The lowest BCUT2D eigenvalue weighted by Crippen LogP contribution is -2.18. The molecular weight excluding hydrogens is 410 g/mol. The molecule has 0 unspecified atom stereocenters. The van der Waals surface area contributed by atoms with E-state index in [4.69, 9.17) is 14.9 Å². The van der Waals surface area contributed by atoms with Crippen LogP contribution in [-0.2, 0) is 14.8 Å². The second-order valence-electron chi connectivity index (χ2n) is 8.41. The van der Waals surface area contributed by atoms with E-state index >= 15 is 0 Å². The molecule has 0 saturated carbocycles. The highest BCUT2D eigenvalue weighted by molar-refractivity contribution is 7.89. The predicted molar refractivity (Wildman–Crippen MR) is 124 cm³/mol. The van der Waals surface area contributed by atoms with E-state index in [0.29, 0.717) is 11.6 Å². The molecule has 164 valence electrons. The van der Waals surface area contributed by atoms with Crippen LogP contribution >= 0.6 is 0 Å². The fourth-order valence-electron chi connectivity index (χ4n) is 4.46. The Bertz CT molecular complexity index is 1220. The quantitative estimate of drug-likeness (QED) is 0.607. The summed E-state index contributed by atoms with van der Waals surface area (Å²) in [5.41, 5.74) is 5.89. The van der Waals surface area contributed by atoms with Crippen LogP contribution in [0.5, 0.6) is 0 Å². The van der Waals surface area contributed by atoms with Crippen molar-refractivity contribution in [3.8, 4) is 0 Å². The number of para-hydroxylation sites is 1. The third kappa shape index (κ3) is 4.59. The highest BCUT2D eigenvalue weighted by Crippen LogP contribution is 2.34. The highest BCUT2D eigenvalue weighted by Gasteiger charge is 2.22. The van der Waals surface area contributed by atoms with Crippen molar-refractivity contribution >= 4 is 26.6 Å². The van der Waals surface area contributed by atoms with E-state index in [1.54, 1.807) is 18.2 Å². The Morgan fingerprint density at radius 1 is 1.19 bits per heavy atom. The van der Waals surface area contributed by atoms with Gasteiger partial charge in [-0.15, -0.1) is 0 Å². The minimum atomic E-state index is -3.83. The zero-order valence-corrected chi connectivity index (χ0v) is 19.0. The summed E-state index contributed by atoms with van der Waals surface area (Å²) >= 11 is 0. The number of ether oxygens (including phenoxy) is 1. The molecule has 1 aliphatic heterocycles. The lowest BCUT2D eigenvalue weighted by molar-refractivity contribution is 0.0802. The summed E-state index contributed by atoms with van der Waals surface area (Å²) in [6.07, 6.45) is 2.16. The number of nitrogens with one attached hydrogen (secondary N) is 1. The van der Waals surface area contributed by atoms with E-state index in [1.807, 2.05) is 13.8 Å². The van der Waals surface area contributed by atoms with Gasteiger partial charge < -0.3 is 10.1 Å². The van der Waals surface area contributed by atoms with Crippen molar-refractivity contribution in [2.45, 2.75) is 50.5 Å². The van der Waals surface area contributed by atoms with Crippen molar-refractivity contribution < 1.29 is 13.2 Å². The number of benzene rings is 2. The second-order valence-corrected chi connectivity index (χ2v) is 9.93. The highest BCUT2D eigenvalue weighted by atomic mass is 32.2. The summed E-state index contributed by atoms with van der Waals surface area (Å²) in [4.78, 5) is 5.01. The first-order valence-corrected chi connectivity index (χ1v) is 12.2. The SMILES string of the molecule is Cc1cc([C@H](C)Nc2ccccc2S(N)(=O)=O)c2cc([C@H]3CCCOC3)c(C)nc2c1. The van der Waals surface area contributed by atoms with Crippen molar-refractivity contribution in [1.82, 2.24) is 4.98 Å². The van der Waals surface area contributed by atoms with Crippen LogP contribution in [0.4, 0.5) is 5.69 Å². The number of fused-ring (bicyclic) bond motifs is 1. The molecule has 2 heterocycles. The van der Waals surface area contributed by atoms with Gasteiger partial charge in [0.2, 0.25) is 10.0 Å². The van der Waals surface area contributed by atoms with Crippen LogP contribution in [0.15, 0.2) is 47.4 Å². The molecule has 1 fully saturated rings. The Hall–Kier alpha value is -2.48. The second kappa shape index (κ2) is 8.57. The monoisotopic (exact) mass is 439 g/mol. The maximum absolute atomic E-state index is 12.0. The van der Waals surface area contributed by atoms with Crippen LogP contribution in [-0.4, -0.2) is 26.6 Å². The molecule has 1 aromatic heterocycles. The summed E-state index contributed by atoms with van der Waals surface area (Å²) in [6.45, 7) is 7.69. The summed E-state index contributed by atoms with van der Waals surface area (Å²) < 4.78 is 29.7. The fraction of sp³-hybridized carbons (Fsp3) is 0.375. The normalized spacial score (nSPS) is 18.1. The van der Waals surface area contributed by atoms with E-state index in [1.165, 1.54) is 11.6 Å². The maximum Gasteiger partial charge on any atom is 0.240 e. The number of sulfonamides is 1. The largest absolute Gasteiger partial charge is 0.381 e. The zero-order valence-electron chi connectivity index (χ0n) is 18.2. The van der Waals surface area contributed by atoms with Gasteiger partial charge in [0.15, 0.2) is 0 Å². The molecular formula is C24H29N3O3S. The summed E-state index contributed by atoms with van der Waals surface area (Å²) in [5, 5.41) is 9.84. The maximum atomic E-state index is 12.0. The molecule has 31 heavy (non-hydrogen) atoms. The molecule has 4 rings (SSSR count). The summed E-state index contributed by atoms with van der Waals surface area (Å²) in [6, 6.07) is 13.1. The van der Waals surface area contributed by atoms with Gasteiger partial charge in [-0.2, -0.15) is 0 Å². The Kier molecular flexibility index (Phi) is 6.01. The van der Waals surface area contributed by atoms with E-state index in [0.717, 1.165) is 53.8 Å². The van der Waals surface area contributed by atoms with E-state index in [9.17, 15) is 8.42 Å².